The maximum absolute atomic E-state index is 12.7. The number of fused-ring (bicyclic) bond motifs is 1. The second-order valence-corrected chi connectivity index (χ2v) is 7.72. The zero-order chi connectivity index (χ0) is 19.8. The molecule has 0 spiro atoms. The van der Waals surface area contributed by atoms with E-state index in [0.29, 0.717) is 17.0 Å². The Morgan fingerprint density at radius 2 is 1.96 bits per heavy atom. The molecule has 1 N–H and O–H groups in total. The van der Waals surface area contributed by atoms with Crippen molar-refractivity contribution in [3.8, 4) is 10.6 Å². The standard InChI is InChI=1S/C20H22N6OS/c1-5-9-14-15-16(26(4)24-14)17(27)23-20(22-15)25(3)19-12(2)21-18(28-19)13-10-7-6-8-11-13/h6-8,10-11H,5,9H2,1-4H3,(H,22,23,27). The van der Waals surface area contributed by atoms with E-state index in [4.69, 9.17) is 9.97 Å². The first-order chi connectivity index (χ1) is 13.5. The summed E-state index contributed by atoms with van der Waals surface area (Å²) in [5, 5.41) is 6.37. The molecule has 0 unspecified atom stereocenters. The summed E-state index contributed by atoms with van der Waals surface area (Å²) in [7, 11) is 3.68. The summed E-state index contributed by atoms with van der Waals surface area (Å²) < 4.78 is 1.61. The van der Waals surface area contributed by atoms with Gasteiger partial charge in [-0.1, -0.05) is 55.0 Å². The molecule has 0 aliphatic heterocycles. The van der Waals surface area contributed by atoms with Crippen molar-refractivity contribution >= 4 is 33.3 Å². The molecule has 4 rings (SSSR count). The zero-order valence-corrected chi connectivity index (χ0v) is 17.2. The van der Waals surface area contributed by atoms with Crippen molar-refractivity contribution in [2.75, 3.05) is 11.9 Å². The highest BCUT2D eigenvalue weighted by atomic mass is 32.1. The number of anilines is 2. The van der Waals surface area contributed by atoms with Crippen LogP contribution in [0.3, 0.4) is 0 Å². The largest absolute Gasteiger partial charge is 0.305 e. The lowest BCUT2D eigenvalue weighted by atomic mass is 10.2. The van der Waals surface area contributed by atoms with Crippen molar-refractivity contribution in [2.45, 2.75) is 26.7 Å². The molecule has 0 saturated carbocycles. The van der Waals surface area contributed by atoms with E-state index in [2.05, 4.69) is 17.0 Å². The summed E-state index contributed by atoms with van der Waals surface area (Å²) in [6.45, 7) is 4.06. The zero-order valence-electron chi connectivity index (χ0n) is 16.4. The first kappa shape index (κ1) is 18.4. The normalized spacial score (nSPS) is 11.3. The van der Waals surface area contributed by atoms with Crippen LogP contribution in [0.1, 0.15) is 24.7 Å². The molecule has 0 atom stereocenters. The van der Waals surface area contributed by atoms with Gasteiger partial charge in [0.15, 0.2) is 5.52 Å². The Hall–Kier alpha value is -3.00. The number of thiazole rings is 1. The molecule has 0 aliphatic rings. The minimum Gasteiger partial charge on any atom is -0.305 e. The van der Waals surface area contributed by atoms with Crippen molar-refractivity contribution in [3.63, 3.8) is 0 Å². The maximum Gasteiger partial charge on any atom is 0.278 e. The molecule has 28 heavy (non-hydrogen) atoms. The molecule has 0 bridgehead atoms. The number of H-pyrrole nitrogens is 1. The summed E-state index contributed by atoms with van der Waals surface area (Å²) >= 11 is 1.58. The Bertz CT molecular complexity index is 1190. The third kappa shape index (κ3) is 3.09. The number of nitrogens with zero attached hydrogens (tertiary/aromatic N) is 5. The highest BCUT2D eigenvalue weighted by Crippen LogP contribution is 2.36. The smallest absolute Gasteiger partial charge is 0.278 e. The van der Waals surface area contributed by atoms with E-state index in [-0.39, 0.29) is 5.56 Å². The third-order valence-corrected chi connectivity index (χ3v) is 5.94. The molecule has 7 nitrogen and oxygen atoms in total. The predicted octanol–water partition coefficient (Wildman–Crippen LogP) is 3.81. The van der Waals surface area contributed by atoms with E-state index >= 15 is 0 Å². The number of hydrogen-bond donors (Lipinski definition) is 1. The summed E-state index contributed by atoms with van der Waals surface area (Å²) in [6.07, 6.45) is 1.73. The molecule has 144 valence electrons. The Balaban J connectivity index is 1.79. The van der Waals surface area contributed by atoms with Crippen LogP contribution in [0.15, 0.2) is 35.1 Å². The van der Waals surface area contributed by atoms with Gasteiger partial charge in [0.1, 0.15) is 15.5 Å². The molecule has 8 heteroatoms. The summed E-state index contributed by atoms with van der Waals surface area (Å²) in [5.41, 5.74) is 3.81. The van der Waals surface area contributed by atoms with Gasteiger partial charge in [0.2, 0.25) is 5.95 Å². The van der Waals surface area contributed by atoms with Crippen LogP contribution >= 0.6 is 11.3 Å². The minimum absolute atomic E-state index is 0.186. The predicted molar refractivity (Wildman–Crippen MR) is 113 cm³/mol. The summed E-state index contributed by atoms with van der Waals surface area (Å²) in [4.78, 5) is 26.9. The van der Waals surface area contributed by atoms with Crippen LogP contribution < -0.4 is 10.5 Å². The number of benzene rings is 1. The van der Waals surface area contributed by atoms with Gasteiger partial charge in [-0.25, -0.2) is 9.97 Å². The van der Waals surface area contributed by atoms with Crippen LogP contribution in [0.25, 0.3) is 21.6 Å². The molecule has 3 aromatic heterocycles. The molecule has 0 aliphatic carbocycles. The van der Waals surface area contributed by atoms with Gasteiger partial charge in [0.05, 0.1) is 11.4 Å². The SMILES string of the molecule is CCCc1nn(C)c2c(=O)[nH]c(N(C)c3sc(-c4ccccc4)nc3C)nc12. The van der Waals surface area contributed by atoms with Gasteiger partial charge in [-0.15, -0.1) is 0 Å². The molecule has 1 aromatic carbocycles. The van der Waals surface area contributed by atoms with Crippen molar-refractivity contribution < 1.29 is 0 Å². The van der Waals surface area contributed by atoms with Crippen molar-refractivity contribution in [3.05, 3.63) is 52.1 Å². The molecule has 0 saturated heterocycles. The van der Waals surface area contributed by atoms with E-state index in [0.717, 1.165) is 39.8 Å². The minimum atomic E-state index is -0.186. The molecule has 0 fully saturated rings. The van der Waals surface area contributed by atoms with Gasteiger partial charge >= 0.3 is 0 Å². The number of nitrogens with one attached hydrogen (secondary N) is 1. The van der Waals surface area contributed by atoms with E-state index in [9.17, 15) is 4.79 Å². The monoisotopic (exact) mass is 394 g/mol. The topological polar surface area (TPSA) is 79.7 Å². The van der Waals surface area contributed by atoms with Crippen molar-refractivity contribution in [1.82, 2.24) is 24.7 Å². The average molecular weight is 395 g/mol. The van der Waals surface area contributed by atoms with Gasteiger partial charge in [-0.3, -0.25) is 14.5 Å². The molecule has 4 aromatic rings. The van der Waals surface area contributed by atoms with Crippen LogP contribution in [0.2, 0.25) is 0 Å². The van der Waals surface area contributed by atoms with Gasteiger partial charge in [0.25, 0.3) is 5.56 Å². The van der Waals surface area contributed by atoms with Crippen molar-refractivity contribution in [1.29, 1.82) is 0 Å². The molecular formula is C20H22N6OS. The fraction of sp³-hybridized carbons (Fsp3) is 0.300. The number of hydrogen-bond acceptors (Lipinski definition) is 6. The molecule has 0 radical (unpaired) electrons. The van der Waals surface area contributed by atoms with Gasteiger partial charge < -0.3 is 4.90 Å². The summed E-state index contributed by atoms with van der Waals surface area (Å²) in [6, 6.07) is 10.1. The second-order valence-electron chi connectivity index (χ2n) is 6.74. The lowest BCUT2D eigenvalue weighted by molar-refractivity contribution is 0.750. The first-order valence-corrected chi connectivity index (χ1v) is 10.0. The lowest BCUT2D eigenvalue weighted by Crippen LogP contribution is -2.19. The fourth-order valence-electron chi connectivity index (χ4n) is 3.30. The van der Waals surface area contributed by atoms with Crippen LogP contribution in [-0.4, -0.2) is 31.8 Å². The molecule has 3 heterocycles. The second kappa shape index (κ2) is 7.20. The number of aromatic nitrogens is 5. The highest BCUT2D eigenvalue weighted by Gasteiger charge is 2.19. The number of rotatable bonds is 5. The third-order valence-electron chi connectivity index (χ3n) is 4.65. The Morgan fingerprint density at radius 3 is 2.68 bits per heavy atom. The van der Waals surface area contributed by atoms with Crippen molar-refractivity contribution in [2.24, 2.45) is 7.05 Å². The summed E-state index contributed by atoms with van der Waals surface area (Å²) in [5.74, 6) is 0.495. The Morgan fingerprint density at radius 1 is 1.21 bits per heavy atom. The number of aromatic amines is 1. The number of aryl methyl sites for hydroxylation is 3. The fourth-order valence-corrected chi connectivity index (χ4v) is 4.34. The highest BCUT2D eigenvalue weighted by molar-refractivity contribution is 7.19. The average Bonchev–Trinajstić information content (AvgIpc) is 3.23. The van der Waals surface area contributed by atoms with Crippen LogP contribution in [0.5, 0.6) is 0 Å². The molecule has 0 amide bonds. The van der Waals surface area contributed by atoms with E-state index in [1.807, 2.05) is 49.2 Å². The first-order valence-electron chi connectivity index (χ1n) is 9.22. The van der Waals surface area contributed by atoms with E-state index in [1.165, 1.54) is 0 Å². The van der Waals surface area contributed by atoms with Crippen LogP contribution in [0, 0.1) is 6.92 Å². The van der Waals surface area contributed by atoms with E-state index in [1.54, 1.807) is 23.1 Å². The van der Waals surface area contributed by atoms with E-state index < -0.39 is 0 Å². The van der Waals surface area contributed by atoms with Gasteiger partial charge in [0, 0.05) is 19.7 Å². The van der Waals surface area contributed by atoms with Crippen LogP contribution in [0.4, 0.5) is 10.9 Å². The van der Waals surface area contributed by atoms with Crippen LogP contribution in [-0.2, 0) is 13.5 Å². The Labute approximate surface area is 166 Å². The van der Waals surface area contributed by atoms with Gasteiger partial charge in [-0.2, -0.15) is 5.10 Å². The molecular weight excluding hydrogens is 372 g/mol. The lowest BCUT2D eigenvalue weighted by Gasteiger charge is -2.16. The maximum atomic E-state index is 12.7. The Kier molecular flexibility index (Phi) is 4.72. The van der Waals surface area contributed by atoms with Gasteiger partial charge in [-0.05, 0) is 13.3 Å². The quantitative estimate of drug-likeness (QED) is 0.557.